The maximum Gasteiger partial charge on any atom is 0.325 e. The van der Waals surface area contributed by atoms with Crippen molar-refractivity contribution >= 4 is 17.8 Å². The van der Waals surface area contributed by atoms with Gasteiger partial charge in [0.1, 0.15) is 12.1 Å². The minimum absolute atomic E-state index is 0.0512. The zero-order valence-electron chi connectivity index (χ0n) is 13.4. The molecule has 0 aromatic carbocycles. The molecule has 0 radical (unpaired) electrons. The summed E-state index contributed by atoms with van der Waals surface area (Å²) in [7, 11) is 0. The molecule has 128 valence electrons. The number of amides is 4. The van der Waals surface area contributed by atoms with Gasteiger partial charge in [-0.05, 0) is 25.7 Å². The number of urea groups is 1. The van der Waals surface area contributed by atoms with Crippen LogP contribution in [0.4, 0.5) is 4.79 Å². The number of hydrogen-bond acceptors (Lipinski definition) is 4. The molecule has 2 heterocycles. The first-order valence-corrected chi connectivity index (χ1v) is 8.63. The Morgan fingerprint density at radius 3 is 2.61 bits per heavy atom. The van der Waals surface area contributed by atoms with Crippen LogP contribution in [0, 0.1) is 0 Å². The number of hydrogen-bond donors (Lipinski definition) is 2. The van der Waals surface area contributed by atoms with Crippen molar-refractivity contribution < 1.29 is 19.1 Å². The molecule has 1 saturated carbocycles. The van der Waals surface area contributed by atoms with Crippen LogP contribution in [-0.4, -0.2) is 54.1 Å². The van der Waals surface area contributed by atoms with Crippen LogP contribution < -0.4 is 10.6 Å². The van der Waals surface area contributed by atoms with Crippen LogP contribution in [0.1, 0.15) is 51.4 Å². The quantitative estimate of drug-likeness (QED) is 0.753. The van der Waals surface area contributed by atoms with E-state index >= 15 is 0 Å². The molecule has 23 heavy (non-hydrogen) atoms. The van der Waals surface area contributed by atoms with Crippen molar-refractivity contribution in [1.29, 1.82) is 0 Å². The first kappa shape index (κ1) is 16.2. The first-order valence-electron chi connectivity index (χ1n) is 8.63. The summed E-state index contributed by atoms with van der Waals surface area (Å²) in [6.45, 7) is 0.961. The van der Waals surface area contributed by atoms with Gasteiger partial charge in [0.15, 0.2) is 0 Å². The van der Waals surface area contributed by atoms with Gasteiger partial charge in [0, 0.05) is 13.2 Å². The van der Waals surface area contributed by atoms with Gasteiger partial charge in [-0.2, -0.15) is 0 Å². The Hall–Kier alpha value is -1.63. The first-order chi connectivity index (χ1) is 11.1. The number of carbonyl (C=O) groups is 3. The van der Waals surface area contributed by atoms with E-state index < -0.39 is 11.6 Å². The van der Waals surface area contributed by atoms with Gasteiger partial charge in [0.2, 0.25) is 5.91 Å². The van der Waals surface area contributed by atoms with Crippen LogP contribution in [0.2, 0.25) is 0 Å². The van der Waals surface area contributed by atoms with Gasteiger partial charge in [-0.3, -0.25) is 14.5 Å². The molecule has 2 saturated heterocycles. The predicted molar refractivity (Wildman–Crippen MR) is 82.7 cm³/mol. The van der Waals surface area contributed by atoms with Crippen LogP contribution in [0.25, 0.3) is 0 Å². The summed E-state index contributed by atoms with van der Waals surface area (Å²) < 4.78 is 5.44. The Bertz CT molecular complexity index is 480. The number of carbonyl (C=O) groups excluding carboxylic acids is 3. The highest BCUT2D eigenvalue weighted by molar-refractivity contribution is 6.09. The van der Waals surface area contributed by atoms with Gasteiger partial charge in [-0.25, -0.2) is 4.79 Å². The summed E-state index contributed by atoms with van der Waals surface area (Å²) in [6, 6.07) is -0.441. The highest BCUT2D eigenvalue weighted by Crippen LogP contribution is 2.32. The fraction of sp³-hybridized carbons (Fsp3) is 0.812. The molecule has 2 N–H and O–H groups in total. The molecular weight excluding hydrogens is 298 g/mol. The molecule has 1 atom stereocenters. The van der Waals surface area contributed by atoms with Gasteiger partial charge in [0.25, 0.3) is 5.91 Å². The third-order valence-corrected chi connectivity index (χ3v) is 5.06. The van der Waals surface area contributed by atoms with Crippen molar-refractivity contribution in [1.82, 2.24) is 15.5 Å². The molecule has 0 unspecified atom stereocenters. The molecule has 0 aromatic heterocycles. The Morgan fingerprint density at radius 1 is 1.22 bits per heavy atom. The zero-order chi connectivity index (χ0) is 16.3. The van der Waals surface area contributed by atoms with Crippen molar-refractivity contribution in [3.63, 3.8) is 0 Å². The van der Waals surface area contributed by atoms with E-state index in [-0.39, 0.29) is 24.5 Å². The average molecular weight is 323 g/mol. The number of nitrogens with one attached hydrogen (secondary N) is 2. The van der Waals surface area contributed by atoms with E-state index in [2.05, 4.69) is 10.6 Å². The second kappa shape index (κ2) is 6.86. The maximum absolute atomic E-state index is 12.7. The minimum atomic E-state index is -0.775. The van der Waals surface area contributed by atoms with E-state index in [1.807, 2.05) is 0 Å². The SMILES string of the molecule is O=C(CN1C(=O)NC2(CCCCCC2)C1=O)NC[C@H]1CCCO1. The second-order valence-corrected chi connectivity index (χ2v) is 6.76. The molecule has 3 rings (SSSR count). The summed E-state index contributed by atoms with van der Waals surface area (Å²) in [5, 5.41) is 5.60. The molecule has 7 heteroatoms. The maximum atomic E-state index is 12.7. The molecule has 3 aliphatic rings. The number of ether oxygens (including phenoxy) is 1. The molecule has 0 bridgehead atoms. The van der Waals surface area contributed by atoms with E-state index in [4.69, 9.17) is 4.74 Å². The van der Waals surface area contributed by atoms with Crippen LogP contribution in [-0.2, 0) is 14.3 Å². The fourth-order valence-corrected chi connectivity index (χ4v) is 3.72. The summed E-state index contributed by atoms with van der Waals surface area (Å²) >= 11 is 0. The van der Waals surface area contributed by atoms with Crippen LogP contribution in [0.3, 0.4) is 0 Å². The van der Waals surface area contributed by atoms with Gasteiger partial charge >= 0.3 is 6.03 Å². The lowest BCUT2D eigenvalue weighted by Gasteiger charge is -2.24. The van der Waals surface area contributed by atoms with E-state index in [9.17, 15) is 14.4 Å². The third-order valence-electron chi connectivity index (χ3n) is 5.06. The average Bonchev–Trinajstić information content (AvgIpc) is 3.04. The van der Waals surface area contributed by atoms with Gasteiger partial charge in [-0.15, -0.1) is 0 Å². The molecule has 7 nitrogen and oxygen atoms in total. The van der Waals surface area contributed by atoms with E-state index in [0.717, 1.165) is 50.0 Å². The summed E-state index contributed by atoms with van der Waals surface area (Å²) in [6.07, 6.45) is 7.39. The van der Waals surface area contributed by atoms with Gasteiger partial charge in [-0.1, -0.05) is 25.7 Å². The lowest BCUT2D eigenvalue weighted by Crippen LogP contribution is -2.47. The molecule has 1 aliphatic carbocycles. The molecular formula is C16H25N3O4. The van der Waals surface area contributed by atoms with E-state index in [0.29, 0.717) is 19.4 Å². The normalized spacial score (nSPS) is 27.1. The monoisotopic (exact) mass is 323 g/mol. The van der Waals surface area contributed by atoms with Crippen molar-refractivity contribution in [3.8, 4) is 0 Å². The number of imide groups is 1. The second-order valence-electron chi connectivity index (χ2n) is 6.76. The van der Waals surface area contributed by atoms with Crippen molar-refractivity contribution in [2.75, 3.05) is 19.7 Å². The molecule has 2 aliphatic heterocycles. The Kier molecular flexibility index (Phi) is 4.84. The standard InChI is InChI=1S/C16H25N3O4/c20-13(17-10-12-6-5-9-23-12)11-19-14(21)16(18-15(19)22)7-3-1-2-4-8-16/h12H,1-11H2,(H,17,20)(H,18,22)/t12-/m1/s1. The Labute approximate surface area is 136 Å². The van der Waals surface area contributed by atoms with Gasteiger partial charge < -0.3 is 15.4 Å². The summed E-state index contributed by atoms with van der Waals surface area (Å²) in [5.74, 6) is -0.550. The highest BCUT2D eigenvalue weighted by Gasteiger charge is 2.51. The molecule has 0 aromatic rings. The molecule has 1 spiro atoms. The number of rotatable bonds is 4. The van der Waals surface area contributed by atoms with Crippen molar-refractivity contribution in [2.45, 2.75) is 63.0 Å². The number of nitrogens with zero attached hydrogens (tertiary/aromatic N) is 1. The lowest BCUT2D eigenvalue weighted by atomic mass is 9.90. The molecule has 4 amide bonds. The smallest absolute Gasteiger partial charge is 0.325 e. The minimum Gasteiger partial charge on any atom is -0.376 e. The van der Waals surface area contributed by atoms with Crippen LogP contribution in [0.5, 0.6) is 0 Å². The topological polar surface area (TPSA) is 87.7 Å². The Morgan fingerprint density at radius 2 is 1.96 bits per heavy atom. The molecule has 3 fully saturated rings. The van der Waals surface area contributed by atoms with E-state index in [1.165, 1.54) is 0 Å². The lowest BCUT2D eigenvalue weighted by molar-refractivity contribution is -0.135. The fourth-order valence-electron chi connectivity index (χ4n) is 3.72. The zero-order valence-corrected chi connectivity index (χ0v) is 13.4. The van der Waals surface area contributed by atoms with E-state index in [1.54, 1.807) is 0 Å². The summed E-state index contributed by atoms with van der Waals surface area (Å²) in [4.78, 5) is 37.9. The third kappa shape index (κ3) is 3.49. The Balaban J connectivity index is 1.55. The van der Waals surface area contributed by atoms with Crippen molar-refractivity contribution in [3.05, 3.63) is 0 Å². The highest BCUT2D eigenvalue weighted by atomic mass is 16.5. The van der Waals surface area contributed by atoms with Crippen molar-refractivity contribution in [2.24, 2.45) is 0 Å². The van der Waals surface area contributed by atoms with Crippen LogP contribution in [0.15, 0.2) is 0 Å². The predicted octanol–water partition coefficient (Wildman–Crippen LogP) is 0.926. The summed E-state index contributed by atoms with van der Waals surface area (Å²) in [5.41, 5.74) is -0.775. The van der Waals surface area contributed by atoms with Gasteiger partial charge in [0.05, 0.1) is 6.10 Å². The van der Waals surface area contributed by atoms with Crippen LogP contribution >= 0.6 is 0 Å². The largest absolute Gasteiger partial charge is 0.376 e.